The molecule has 0 spiro atoms. The van der Waals surface area contributed by atoms with Crippen LogP contribution in [0, 0.1) is 0 Å². The van der Waals surface area contributed by atoms with Gasteiger partial charge in [-0.2, -0.15) is 0 Å². The number of aromatic nitrogens is 1. The molecule has 3 aromatic carbocycles. The monoisotopic (exact) mass is 390 g/mol. The van der Waals surface area contributed by atoms with Crippen LogP contribution >= 0.6 is 11.6 Å². The highest BCUT2D eigenvalue weighted by atomic mass is 35.5. The highest BCUT2D eigenvalue weighted by Gasteiger charge is 2.12. The fraction of sp³-hybridized carbons (Fsp3) is 0.0870. The molecular formula is C23H19ClN2O2. The maximum Gasteiger partial charge on any atom is 0.251 e. The van der Waals surface area contributed by atoms with Crippen LogP contribution in [0.3, 0.4) is 0 Å². The molecule has 0 radical (unpaired) electrons. The molecule has 28 heavy (non-hydrogen) atoms. The summed E-state index contributed by atoms with van der Waals surface area (Å²) in [6, 6.07) is 20.0. The fourth-order valence-electron chi connectivity index (χ4n) is 3.34. The number of aromatic hydroxyl groups is 1. The van der Waals surface area contributed by atoms with E-state index in [1.165, 1.54) is 0 Å². The van der Waals surface area contributed by atoms with E-state index in [9.17, 15) is 9.90 Å². The smallest absolute Gasteiger partial charge is 0.251 e. The van der Waals surface area contributed by atoms with Gasteiger partial charge in [-0.15, -0.1) is 0 Å². The third-order valence-electron chi connectivity index (χ3n) is 4.76. The van der Waals surface area contributed by atoms with E-state index >= 15 is 0 Å². The SMILES string of the molecule is O=C(NCCc1c[nH]c2ccc(Cl)cc12)c1ccccc1-c1ccc(O)cc1. The molecule has 0 aliphatic heterocycles. The number of nitrogens with one attached hydrogen (secondary N) is 2. The lowest BCUT2D eigenvalue weighted by molar-refractivity contribution is 0.0955. The number of carbonyl (C=O) groups is 1. The summed E-state index contributed by atoms with van der Waals surface area (Å²) in [6.07, 6.45) is 2.66. The molecule has 0 unspecified atom stereocenters. The quantitative estimate of drug-likeness (QED) is 0.440. The predicted octanol–water partition coefficient (Wildman–Crippen LogP) is 5.17. The number of amides is 1. The van der Waals surface area contributed by atoms with Crippen molar-refractivity contribution >= 4 is 28.4 Å². The number of aromatic amines is 1. The lowest BCUT2D eigenvalue weighted by Gasteiger charge is -2.10. The molecule has 0 aliphatic rings. The number of benzene rings is 3. The third-order valence-corrected chi connectivity index (χ3v) is 4.99. The zero-order valence-electron chi connectivity index (χ0n) is 15.1. The molecule has 1 aromatic heterocycles. The zero-order chi connectivity index (χ0) is 19.5. The van der Waals surface area contributed by atoms with E-state index in [1.54, 1.807) is 24.3 Å². The molecular weight excluding hydrogens is 372 g/mol. The highest BCUT2D eigenvalue weighted by Crippen LogP contribution is 2.26. The van der Waals surface area contributed by atoms with E-state index in [0.717, 1.165) is 27.6 Å². The van der Waals surface area contributed by atoms with Crippen LogP contribution < -0.4 is 5.32 Å². The van der Waals surface area contributed by atoms with Gasteiger partial charge in [0.15, 0.2) is 0 Å². The summed E-state index contributed by atoms with van der Waals surface area (Å²) in [7, 11) is 0. The Balaban J connectivity index is 1.48. The molecule has 140 valence electrons. The number of phenolic OH excluding ortho intramolecular Hbond substituents is 1. The van der Waals surface area contributed by atoms with Crippen LogP contribution in [0.15, 0.2) is 72.9 Å². The largest absolute Gasteiger partial charge is 0.508 e. The minimum absolute atomic E-state index is 0.124. The summed E-state index contributed by atoms with van der Waals surface area (Å²) in [4.78, 5) is 16.0. The van der Waals surface area contributed by atoms with Gasteiger partial charge in [0.25, 0.3) is 5.91 Å². The average molecular weight is 391 g/mol. The first-order valence-corrected chi connectivity index (χ1v) is 9.42. The maximum atomic E-state index is 12.8. The van der Waals surface area contributed by atoms with Gasteiger partial charge in [-0.25, -0.2) is 0 Å². The van der Waals surface area contributed by atoms with Crippen molar-refractivity contribution in [2.24, 2.45) is 0 Å². The molecule has 0 fully saturated rings. The van der Waals surface area contributed by atoms with Crippen LogP contribution in [0.25, 0.3) is 22.0 Å². The molecule has 0 saturated carbocycles. The molecule has 1 amide bonds. The van der Waals surface area contributed by atoms with Crippen LogP contribution in [0.2, 0.25) is 5.02 Å². The zero-order valence-corrected chi connectivity index (χ0v) is 15.8. The summed E-state index contributed by atoms with van der Waals surface area (Å²) in [6.45, 7) is 0.516. The molecule has 5 heteroatoms. The van der Waals surface area contributed by atoms with Crippen molar-refractivity contribution in [3.05, 3.63) is 89.1 Å². The summed E-state index contributed by atoms with van der Waals surface area (Å²) in [5, 5.41) is 14.3. The lowest BCUT2D eigenvalue weighted by atomic mass is 9.99. The van der Waals surface area contributed by atoms with Crippen LogP contribution in [0.5, 0.6) is 5.75 Å². The Kier molecular flexibility index (Phi) is 5.04. The van der Waals surface area contributed by atoms with Gasteiger partial charge in [0.1, 0.15) is 5.75 Å². The van der Waals surface area contributed by atoms with Crippen molar-refractivity contribution in [3.8, 4) is 16.9 Å². The Morgan fingerprint density at radius 1 is 1.04 bits per heavy atom. The highest BCUT2D eigenvalue weighted by molar-refractivity contribution is 6.31. The first-order valence-electron chi connectivity index (χ1n) is 9.04. The number of fused-ring (bicyclic) bond motifs is 1. The van der Waals surface area contributed by atoms with Gasteiger partial charge < -0.3 is 15.4 Å². The summed E-state index contributed by atoms with van der Waals surface area (Å²) < 4.78 is 0. The van der Waals surface area contributed by atoms with E-state index in [0.29, 0.717) is 23.6 Å². The standard InChI is InChI=1S/C23H19ClN2O2/c24-17-7-10-22-21(13-17)16(14-26-22)11-12-25-23(28)20-4-2-1-3-19(20)15-5-8-18(27)9-6-15/h1-10,13-14,26-27H,11-12H2,(H,25,28). The van der Waals surface area contributed by atoms with E-state index < -0.39 is 0 Å². The van der Waals surface area contributed by atoms with E-state index in [1.807, 2.05) is 48.7 Å². The Morgan fingerprint density at radius 2 is 1.82 bits per heavy atom. The second-order valence-corrected chi connectivity index (χ2v) is 7.04. The van der Waals surface area contributed by atoms with Crippen molar-refractivity contribution in [1.82, 2.24) is 10.3 Å². The Hall–Kier alpha value is -3.24. The maximum absolute atomic E-state index is 12.8. The normalized spacial score (nSPS) is 10.9. The number of H-pyrrole nitrogens is 1. The van der Waals surface area contributed by atoms with Gasteiger partial charge in [0.05, 0.1) is 0 Å². The fourth-order valence-corrected chi connectivity index (χ4v) is 3.51. The van der Waals surface area contributed by atoms with Crippen molar-refractivity contribution in [2.45, 2.75) is 6.42 Å². The van der Waals surface area contributed by atoms with Gasteiger partial charge in [-0.3, -0.25) is 4.79 Å². The first-order chi connectivity index (χ1) is 13.6. The van der Waals surface area contributed by atoms with Crippen molar-refractivity contribution in [3.63, 3.8) is 0 Å². The molecule has 3 N–H and O–H groups in total. The molecule has 0 bridgehead atoms. The second kappa shape index (κ2) is 7.79. The number of carbonyl (C=O) groups excluding carboxylic acids is 1. The molecule has 4 rings (SSSR count). The molecule has 0 saturated heterocycles. The first kappa shape index (κ1) is 18.1. The Morgan fingerprint density at radius 3 is 2.64 bits per heavy atom. The van der Waals surface area contributed by atoms with Crippen molar-refractivity contribution in [1.29, 1.82) is 0 Å². The van der Waals surface area contributed by atoms with Gasteiger partial charge in [0.2, 0.25) is 0 Å². The molecule has 4 nitrogen and oxygen atoms in total. The summed E-state index contributed by atoms with van der Waals surface area (Å²) >= 11 is 6.10. The van der Waals surface area contributed by atoms with Crippen molar-refractivity contribution in [2.75, 3.05) is 6.54 Å². The Labute approximate surface area is 167 Å². The molecule has 4 aromatic rings. The van der Waals surface area contributed by atoms with E-state index in [-0.39, 0.29) is 11.7 Å². The van der Waals surface area contributed by atoms with E-state index in [4.69, 9.17) is 11.6 Å². The van der Waals surface area contributed by atoms with Gasteiger partial charge in [-0.1, -0.05) is 41.9 Å². The van der Waals surface area contributed by atoms with Crippen molar-refractivity contribution < 1.29 is 9.90 Å². The topological polar surface area (TPSA) is 65.1 Å². The summed E-state index contributed by atoms with van der Waals surface area (Å²) in [5.74, 6) is 0.0751. The molecule has 0 aliphatic carbocycles. The minimum Gasteiger partial charge on any atom is -0.508 e. The van der Waals surface area contributed by atoms with Gasteiger partial charge >= 0.3 is 0 Å². The lowest BCUT2D eigenvalue weighted by Crippen LogP contribution is -2.26. The van der Waals surface area contributed by atoms with Gasteiger partial charge in [-0.05, 0) is 59.5 Å². The number of hydrogen-bond acceptors (Lipinski definition) is 2. The van der Waals surface area contributed by atoms with Crippen LogP contribution in [0.1, 0.15) is 15.9 Å². The van der Waals surface area contributed by atoms with Gasteiger partial charge in [0, 0.05) is 34.2 Å². The minimum atomic E-state index is -0.124. The van der Waals surface area contributed by atoms with Crippen LogP contribution in [-0.4, -0.2) is 22.5 Å². The van der Waals surface area contributed by atoms with Crippen LogP contribution in [0.4, 0.5) is 0 Å². The second-order valence-electron chi connectivity index (χ2n) is 6.60. The average Bonchev–Trinajstić information content (AvgIpc) is 3.10. The Bertz CT molecular complexity index is 1130. The number of hydrogen-bond donors (Lipinski definition) is 3. The summed E-state index contributed by atoms with van der Waals surface area (Å²) in [5.41, 5.74) is 4.47. The predicted molar refractivity (Wildman–Crippen MR) is 113 cm³/mol. The van der Waals surface area contributed by atoms with E-state index in [2.05, 4.69) is 10.3 Å². The molecule has 0 atom stereocenters. The number of rotatable bonds is 5. The molecule has 1 heterocycles. The number of phenols is 1. The number of halogens is 1. The third kappa shape index (κ3) is 3.73. The van der Waals surface area contributed by atoms with Crippen LogP contribution in [-0.2, 0) is 6.42 Å².